The Balaban J connectivity index is 2.33. The normalized spacial score (nSPS) is 10.4. The summed E-state index contributed by atoms with van der Waals surface area (Å²) in [4.78, 5) is 14.5. The first-order chi connectivity index (χ1) is 13.1. The van der Waals surface area contributed by atoms with Crippen molar-refractivity contribution >= 4 is 5.91 Å². The molecule has 3 aromatic carbocycles. The van der Waals surface area contributed by atoms with Crippen molar-refractivity contribution in [3.05, 3.63) is 72.3 Å². The molecule has 0 aromatic heterocycles. The standard InChI is InChI=1S/C23H23NO3/c1-24(2)23(25)20-14-17(26-3)15-21(27-4)22(20)19-13-9-8-12-18(19)16-10-6-5-7-11-16/h5-15H,1-4H3. The van der Waals surface area contributed by atoms with E-state index in [2.05, 4.69) is 18.2 Å². The molecule has 3 rings (SSSR count). The third-order valence-corrected chi connectivity index (χ3v) is 4.45. The first-order valence-electron chi connectivity index (χ1n) is 8.69. The van der Waals surface area contributed by atoms with Crippen molar-refractivity contribution in [3.8, 4) is 33.8 Å². The van der Waals surface area contributed by atoms with Crippen LogP contribution in [0.25, 0.3) is 22.3 Å². The number of carbonyl (C=O) groups excluding carboxylic acids is 1. The largest absolute Gasteiger partial charge is 0.497 e. The molecule has 1 amide bonds. The lowest BCUT2D eigenvalue weighted by molar-refractivity contribution is 0.0827. The zero-order valence-electron chi connectivity index (χ0n) is 16.0. The van der Waals surface area contributed by atoms with Crippen molar-refractivity contribution in [1.82, 2.24) is 4.90 Å². The van der Waals surface area contributed by atoms with Gasteiger partial charge in [0.25, 0.3) is 5.91 Å². The molecule has 4 heteroatoms. The van der Waals surface area contributed by atoms with Crippen LogP contribution in [0.2, 0.25) is 0 Å². The molecular weight excluding hydrogens is 338 g/mol. The zero-order chi connectivity index (χ0) is 19.4. The van der Waals surface area contributed by atoms with Crippen molar-refractivity contribution in [2.24, 2.45) is 0 Å². The predicted molar refractivity (Wildman–Crippen MR) is 108 cm³/mol. The number of carbonyl (C=O) groups is 1. The molecule has 0 heterocycles. The van der Waals surface area contributed by atoms with Gasteiger partial charge in [-0.3, -0.25) is 4.79 Å². The highest BCUT2D eigenvalue weighted by atomic mass is 16.5. The van der Waals surface area contributed by atoms with Crippen LogP contribution in [0.1, 0.15) is 10.4 Å². The molecule has 27 heavy (non-hydrogen) atoms. The van der Waals surface area contributed by atoms with Crippen LogP contribution < -0.4 is 9.47 Å². The molecule has 0 saturated carbocycles. The number of hydrogen-bond donors (Lipinski definition) is 0. The van der Waals surface area contributed by atoms with E-state index in [4.69, 9.17) is 9.47 Å². The summed E-state index contributed by atoms with van der Waals surface area (Å²) < 4.78 is 11.0. The Morgan fingerprint density at radius 1 is 0.815 bits per heavy atom. The quantitative estimate of drug-likeness (QED) is 0.659. The van der Waals surface area contributed by atoms with Gasteiger partial charge in [0, 0.05) is 25.7 Å². The summed E-state index contributed by atoms with van der Waals surface area (Å²) in [5.41, 5.74) is 4.35. The van der Waals surface area contributed by atoms with Crippen molar-refractivity contribution < 1.29 is 14.3 Å². The molecule has 0 spiro atoms. The van der Waals surface area contributed by atoms with E-state index >= 15 is 0 Å². The van der Waals surface area contributed by atoms with Crippen LogP contribution in [0.15, 0.2) is 66.7 Å². The molecule has 138 valence electrons. The Hall–Kier alpha value is -3.27. The van der Waals surface area contributed by atoms with Gasteiger partial charge >= 0.3 is 0 Å². The SMILES string of the molecule is COc1cc(OC)c(-c2ccccc2-c2ccccc2)c(C(=O)N(C)C)c1. The van der Waals surface area contributed by atoms with Crippen LogP contribution in [0.4, 0.5) is 0 Å². The van der Waals surface area contributed by atoms with E-state index in [1.54, 1.807) is 39.3 Å². The first kappa shape index (κ1) is 18.5. The van der Waals surface area contributed by atoms with Crippen LogP contribution in [-0.4, -0.2) is 39.1 Å². The molecule has 0 aliphatic heterocycles. The summed E-state index contributed by atoms with van der Waals surface area (Å²) in [6, 6.07) is 21.7. The maximum atomic E-state index is 12.9. The van der Waals surface area contributed by atoms with Crippen molar-refractivity contribution in [2.75, 3.05) is 28.3 Å². The van der Waals surface area contributed by atoms with Gasteiger partial charge in [-0.25, -0.2) is 0 Å². The topological polar surface area (TPSA) is 38.8 Å². The molecule has 0 N–H and O–H groups in total. The molecule has 0 fully saturated rings. The lowest BCUT2D eigenvalue weighted by atomic mass is 9.90. The highest BCUT2D eigenvalue weighted by Crippen LogP contribution is 2.42. The minimum absolute atomic E-state index is 0.106. The first-order valence-corrected chi connectivity index (χ1v) is 8.69. The summed E-state index contributed by atoms with van der Waals surface area (Å²) in [6.07, 6.45) is 0. The fourth-order valence-electron chi connectivity index (χ4n) is 3.13. The van der Waals surface area contributed by atoms with E-state index in [1.807, 2.05) is 42.5 Å². The van der Waals surface area contributed by atoms with Gasteiger partial charge in [0.2, 0.25) is 0 Å². The molecule has 0 bridgehead atoms. The molecular formula is C23H23NO3. The highest BCUT2D eigenvalue weighted by Gasteiger charge is 2.22. The summed E-state index contributed by atoms with van der Waals surface area (Å²) in [7, 11) is 6.66. The average Bonchev–Trinajstić information content (AvgIpc) is 2.72. The summed E-state index contributed by atoms with van der Waals surface area (Å²) >= 11 is 0. The van der Waals surface area contributed by atoms with Crippen LogP contribution in [-0.2, 0) is 0 Å². The fraction of sp³-hybridized carbons (Fsp3) is 0.174. The maximum Gasteiger partial charge on any atom is 0.254 e. The number of rotatable bonds is 5. The van der Waals surface area contributed by atoms with E-state index < -0.39 is 0 Å². The number of nitrogens with zero attached hydrogens (tertiary/aromatic N) is 1. The molecule has 4 nitrogen and oxygen atoms in total. The molecule has 0 unspecified atom stereocenters. The van der Waals surface area contributed by atoms with Gasteiger partial charge in [-0.15, -0.1) is 0 Å². The number of amides is 1. The van der Waals surface area contributed by atoms with Gasteiger partial charge in [0.15, 0.2) is 0 Å². The Morgan fingerprint density at radius 2 is 1.44 bits per heavy atom. The average molecular weight is 361 g/mol. The molecule has 3 aromatic rings. The molecule has 0 atom stereocenters. The second-order valence-electron chi connectivity index (χ2n) is 6.36. The predicted octanol–water partition coefficient (Wildman–Crippen LogP) is 4.74. The third-order valence-electron chi connectivity index (χ3n) is 4.45. The maximum absolute atomic E-state index is 12.9. The number of hydrogen-bond acceptors (Lipinski definition) is 3. The van der Waals surface area contributed by atoms with E-state index in [-0.39, 0.29) is 5.91 Å². The molecule has 0 saturated heterocycles. The van der Waals surface area contributed by atoms with Crippen LogP contribution in [0, 0.1) is 0 Å². The molecule has 0 radical (unpaired) electrons. The van der Waals surface area contributed by atoms with Gasteiger partial charge < -0.3 is 14.4 Å². The number of ether oxygens (including phenoxy) is 2. The van der Waals surface area contributed by atoms with Crippen molar-refractivity contribution in [1.29, 1.82) is 0 Å². The van der Waals surface area contributed by atoms with Gasteiger partial charge in [-0.05, 0) is 22.8 Å². The van der Waals surface area contributed by atoms with Gasteiger partial charge in [-0.1, -0.05) is 54.6 Å². The van der Waals surface area contributed by atoms with E-state index in [1.165, 1.54) is 0 Å². The number of benzene rings is 3. The van der Waals surface area contributed by atoms with Crippen molar-refractivity contribution in [3.63, 3.8) is 0 Å². The second kappa shape index (κ2) is 7.96. The summed E-state index contributed by atoms with van der Waals surface area (Å²) in [5, 5.41) is 0. The van der Waals surface area contributed by atoms with Gasteiger partial charge in [0.1, 0.15) is 11.5 Å². The fourth-order valence-corrected chi connectivity index (χ4v) is 3.13. The van der Waals surface area contributed by atoms with E-state index in [0.717, 1.165) is 22.3 Å². The monoisotopic (exact) mass is 361 g/mol. The minimum Gasteiger partial charge on any atom is -0.497 e. The minimum atomic E-state index is -0.106. The lowest BCUT2D eigenvalue weighted by Gasteiger charge is -2.20. The Morgan fingerprint density at radius 3 is 2.04 bits per heavy atom. The zero-order valence-corrected chi connectivity index (χ0v) is 16.0. The van der Waals surface area contributed by atoms with Crippen LogP contribution >= 0.6 is 0 Å². The third kappa shape index (κ3) is 3.65. The molecule has 0 aliphatic carbocycles. The van der Waals surface area contributed by atoms with Crippen LogP contribution in [0.3, 0.4) is 0 Å². The highest BCUT2D eigenvalue weighted by molar-refractivity contribution is 6.04. The Kier molecular flexibility index (Phi) is 5.46. The Labute approximate surface area is 160 Å². The second-order valence-corrected chi connectivity index (χ2v) is 6.36. The van der Waals surface area contributed by atoms with E-state index in [0.29, 0.717) is 17.1 Å². The van der Waals surface area contributed by atoms with Crippen LogP contribution in [0.5, 0.6) is 11.5 Å². The number of methoxy groups -OCH3 is 2. The van der Waals surface area contributed by atoms with E-state index in [9.17, 15) is 4.79 Å². The van der Waals surface area contributed by atoms with Gasteiger partial charge in [-0.2, -0.15) is 0 Å². The van der Waals surface area contributed by atoms with Gasteiger partial charge in [0.05, 0.1) is 19.8 Å². The van der Waals surface area contributed by atoms with Crippen molar-refractivity contribution in [2.45, 2.75) is 0 Å². The molecule has 0 aliphatic rings. The smallest absolute Gasteiger partial charge is 0.254 e. The Bertz CT molecular complexity index is 949. The summed E-state index contributed by atoms with van der Waals surface area (Å²) in [5.74, 6) is 1.07. The lowest BCUT2D eigenvalue weighted by Crippen LogP contribution is -2.22. The summed E-state index contributed by atoms with van der Waals surface area (Å²) in [6.45, 7) is 0.